The molecule has 3 rings (SSSR count). The van der Waals surface area contributed by atoms with Crippen molar-refractivity contribution >= 4 is 50.7 Å². The summed E-state index contributed by atoms with van der Waals surface area (Å²) in [6.45, 7) is 7.55. The van der Waals surface area contributed by atoms with Crippen molar-refractivity contribution in [1.29, 1.82) is 0 Å². The van der Waals surface area contributed by atoms with Gasteiger partial charge in [-0.3, -0.25) is 13.9 Å². The van der Waals surface area contributed by atoms with E-state index in [1.807, 2.05) is 26.0 Å². The van der Waals surface area contributed by atoms with E-state index in [0.717, 1.165) is 9.87 Å². The number of anilines is 1. The topological polar surface area (TPSA) is 86.8 Å². The fraction of sp³-hybridized carbons (Fsp3) is 0.333. The summed E-state index contributed by atoms with van der Waals surface area (Å²) in [5, 5.41) is 3.56. The Kier molecular flexibility index (Phi) is 11.0. The smallest absolute Gasteiger partial charge is 0.264 e. The van der Waals surface area contributed by atoms with Crippen LogP contribution in [0.25, 0.3) is 0 Å². The Labute approximate surface area is 247 Å². The summed E-state index contributed by atoms with van der Waals surface area (Å²) in [4.78, 5) is 28.5. The predicted octanol–water partition coefficient (Wildman–Crippen LogP) is 6.26. The molecular formula is C30H35Cl2N3O4S. The maximum Gasteiger partial charge on any atom is 0.264 e. The third kappa shape index (κ3) is 7.56. The van der Waals surface area contributed by atoms with Crippen molar-refractivity contribution in [1.82, 2.24) is 10.2 Å². The zero-order valence-electron chi connectivity index (χ0n) is 23.1. The van der Waals surface area contributed by atoms with Crippen molar-refractivity contribution in [2.45, 2.75) is 57.5 Å². The van der Waals surface area contributed by atoms with Crippen LogP contribution in [0.5, 0.6) is 0 Å². The lowest BCUT2D eigenvalue weighted by molar-refractivity contribution is -0.140. The van der Waals surface area contributed by atoms with Gasteiger partial charge in [0.05, 0.1) is 10.6 Å². The van der Waals surface area contributed by atoms with E-state index in [4.69, 9.17) is 23.2 Å². The monoisotopic (exact) mass is 603 g/mol. The SMILES string of the molecule is CCNC(=O)[C@@H](CC)N(Cc1ccc(Cl)cc1Cl)C(=O)CN(c1ccc(C(C)C)cc1)S(=O)(=O)c1ccccc1. The molecule has 0 aliphatic rings. The first-order valence-corrected chi connectivity index (χ1v) is 15.4. The molecule has 1 atom stereocenters. The molecule has 0 aliphatic carbocycles. The van der Waals surface area contributed by atoms with Gasteiger partial charge in [-0.05, 0) is 66.8 Å². The number of halogens is 2. The zero-order chi connectivity index (χ0) is 29.4. The molecule has 214 valence electrons. The lowest BCUT2D eigenvalue weighted by Crippen LogP contribution is -2.52. The molecule has 0 radical (unpaired) electrons. The number of hydrogen-bond donors (Lipinski definition) is 1. The number of nitrogens with one attached hydrogen (secondary N) is 1. The Morgan fingerprint density at radius 1 is 0.925 bits per heavy atom. The normalized spacial score (nSPS) is 12.2. The summed E-state index contributed by atoms with van der Waals surface area (Å²) in [7, 11) is -4.12. The van der Waals surface area contributed by atoms with Crippen LogP contribution in [0, 0.1) is 0 Å². The summed E-state index contributed by atoms with van der Waals surface area (Å²) < 4.78 is 28.8. The van der Waals surface area contributed by atoms with Crippen molar-refractivity contribution in [3.8, 4) is 0 Å². The highest BCUT2D eigenvalue weighted by molar-refractivity contribution is 7.92. The molecule has 0 saturated carbocycles. The second-order valence-corrected chi connectivity index (χ2v) is 12.4. The van der Waals surface area contributed by atoms with E-state index in [1.54, 1.807) is 62.4 Å². The first kappa shape index (κ1) is 31.5. The molecule has 40 heavy (non-hydrogen) atoms. The number of rotatable bonds is 12. The van der Waals surface area contributed by atoms with Gasteiger partial charge in [-0.2, -0.15) is 0 Å². The molecule has 7 nitrogen and oxygen atoms in total. The van der Waals surface area contributed by atoms with Crippen molar-refractivity contribution < 1.29 is 18.0 Å². The highest BCUT2D eigenvalue weighted by atomic mass is 35.5. The van der Waals surface area contributed by atoms with Gasteiger partial charge in [-0.25, -0.2) is 8.42 Å². The molecule has 2 amide bonds. The standard InChI is InChI=1S/C30H35Cl2N3O4S/c1-5-28(30(37)33-6-2)34(19-23-12-15-24(31)18-27(23)32)29(36)20-35(25-16-13-22(14-17-25)21(3)4)40(38,39)26-10-8-7-9-11-26/h7-18,21,28H,5-6,19-20H2,1-4H3,(H,33,37)/t28-/m1/s1. The minimum atomic E-state index is -4.12. The van der Waals surface area contributed by atoms with Gasteiger partial charge < -0.3 is 10.2 Å². The lowest BCUT2D eigenvalue weighted by Gasteiger charge is -2.33. The number of sulfonamides is 1. The summed E-state index contributed by atoms with van der Waals surface area (Å²) in [6, 6.07) is 19.1. The van der Waals surface area contributed by atoms with Crippen LogP contribution in [0.2, 0.25) is 10.0 Å². The molecule has 3 aromatic rings. The highest BCUT2D eigenvalue weighted by Gasteiger charge is 2.33. The fourth-order valence-corrected chi connectivity index (χ4v) is 6.22. The number of hydrogen-bond acceptors (Lipinski definition) is 4. The molecule has 10 heteroatoms. The fourth-order valence-electron chi connectivity index (χ4n) is 4.32. The molecule has 0 saturated heterocycles. The van der Waals surface area contributed by atoms with Gasteiger partial charge in [0.15, 0.2) is 0 Å². The third-order valence-corrected chi connectivity index (χ3v) is 8.93. The second kappa shape index (κ2) is 14.0. The maximum absolute atomic E-state index is 14.0. The largest absolute Gasteiger partial charge is 0.355 e. The van der Waals surface area contributed by atoms with Crippen LogP contribution in [-0.2, 0) is 26.2 Å². The van der Waals surface area contributed by atoms with E-state index < -0.39 is 28.5 Å². The van der Waals surface area contributed by atoms with E-state index in [2.05, 4.69) is 5.32 Å². The van der Waals surface area contributed by atoms with E-state index in [0.29, 0.717) is 34.3 Å². The van der Waals surface area contributed by atoms with Crippen LogP contribution < -0.4 is 9.62 Å². The van der Waals surface area contributed by atoms with Crippen LogP contribution in [0.1, 0.15) is 51.2 Å². The summed E-state index contributed by atoms with van der Waals surface area (Å²) >= 11 is 12.5. The minimum Gasteiger partial charge on any atom is -0.355 e. The van der Waals surface area contributed by atoms with E-state index >= 15 is 0 Å². The van der Waals surface area contributed by atoms with Crippen molar-refractivity contribution in [2.24, 2.45) is 0 Å². The van der Waals surface area contributed by atoms with E-state index in [1.165, 1.54) is 17.0 Å². The summed E-state index contributed by atoms with van der Waals surface area (Å²) in [5.74, 6) is -0.629. The van der Waals surface area contributed by atoms with Crippen LogP contribution >= 0.6 is 23.2 Å². The molecule has 0 aromatic heterocycles. The Morgan fingerprint density at radius 2 is 1.57 bits per heavy atom. The molecule has 0 aliphatic heterocycles. The number of likely N-dealkylation sites (N-methyl/N-ethyl adjacent to an activating group) is 1. The molecule has 0 bridgehead atoms. The predicted molar refractivity (Wildman–Crippen MR) is 161 cm³/mol. The Hall–Kier alpha value is -3.07. The maximum atomic E-state index is 14.0. The van der Waals surface area contributed by atoms with Gasteiger partial charge in [0, 0.05) is 23.1 Å². The third-order valence-electron chi connectivity index (χ3n) is 6.55. The number of nitrogens with zero attached hydrogens (tertiary/aromatic N) is 2. The van der Waals surface area contributed by atoms with Gasteiger partial charge in [0.25, 0.3) is 10.0 Å². The Morgan fingerprint density at radius 3 is 2.12 bits per heavy atom. The van der Waals surface area contributed by atoms with Crippen LogP contribution in [0.3, 0.4) is 0 Å². The minimum absolute atomic E-state index is 0.00398. The summed E-state index contributed by atoms with van der Waals surface area (Å²) in [6.07, 6.45) is 0.317. The van der Waals surface area contributed by atoms with Crippen molar-refractivity contribution in [2.75, 3.05) is 17.4 Å². The summed E-state index contributed by atoms with van der Waals surface area (Å²) in [5.41, 5.74) is 1.96. The highest BCUT2D eigenvalue weighted by Crippen LogP contribution is 2.28. The van der Waals surface area contributed by atoms with Gasteiger partial charge in [-0.15, -0.1) is 0 Å². The Bertz CT molecular complexity index is 1410. The van der Waals surface area contributed by atoms with Crippen LogP contribution in [0.4, 0.5) is 5.69 Å². The van der Waals surface area contributed by atoms with E-state index in [-0.39, 0.29) is 23.3 Å². The average molecular weight is 605 g/mol. The first-order valence-electron chi connectivity index (χ1n) is 13.2. The molecule has 3 aromatic carbocycles. The number of amides is 2. The first-order chi connectivity index (χ1) is 19.0. The molecule has 0 heterocycles. The van der Waals surface area contributed by atoms with Crippen molar-refractivity contribution in [3.05, 3.63) is 94.0 Å². The van der Waals surface area contributed by atoms with Crippen LogP contribution in [-0.4, -0.2) is 44.3 Å². The molecule has 0 spiro atoms. The lowest BCUT2D eigenvalue weighted by atomic mass is 10.0. The number of carbonyl (C=O) groups is 2. The van der Waals surface area contributed by atoms with Gasteiger partial charge in [0.2, 0.25) is 11.8 Å². The molecule has 1 N–H and O–H groups in total. The quantitative estimate of drug-likeness (QED) is 0.265. The van der Waals surface area contributed by atoms with Gasteiger partial charge >= 0.3 is 0 Å². The molecular weight excluding hydrogens is 569 g/mol. The van der Waals surface area contributed by atoms with Gasteiger partial charge in [0.1, 0.15) is 12.6 Å². The average Bonchev–Trinajstić information content (AvgIpc) is 2.93. The van der Waals surface area contributed by atoms with Gasteiger partial charge in [-0.1, -0.05) is 80.4 Å². The Balaban J connectivity index is 2.08. The number of carbonyl (C=O) groups excluding carboxylic acids is 2. The van der Waals surface area contributed by atoms with Crippen molar-refractivity contribution in [3.63, 3.8) is 0 Å². The van der Waals surface area contributed by atoms with Crippen LogP contribution in [0.15, 0.2) is 77.7 Å². The molecule has 0 fully saturated rings. The molecule has 0 unspecified atom stereocenters. The number of benzene rings is 3. The second-order valence-electron chi connectivity index (χ2n) is 9.65. The zero-order valence-corrected chi connectivity index (χ0v) is 25.4. The van der Waals surface area contributed by atoms with E-state index in [9.17, 15) is 18.0 Å².